The lowest BCUT2D eigenvalue weighted by Crippen LogP contribution is -2.23. The summed E-state index contributed by atoms with van der Waals surface area (Å²) in [7, 11) is 0. The molecule has 7 nitrogen and oxygen atoms in total. The highest BCUT2D eigenvalue weighted by Gasteiger charge is 2.19. The van der Waals surface area contributed by atoms with Crippen molar-refractivity contribution in [3.05, 3.63) is 87.5 Å². The van der Waals surface area contributed by atoms with Gasteiger partial charge in [-0.05, 0) is 54.1 Å². The SMILES string of the molecule is C=Cc1ccc(CSc2nnc3n(Cc4ccc(OCC)c(OCC)c4)c(=O)c4sccc4n23)cc1. The summed E-state index contributed by atoms with van der Waals surface area (Å²) in [6, 6.07) is 16.0. The van der Waals surface area contributed by atoms with E-state index in [2.05, 4.69) is 28.9 Å². The van der Waals surface area contributed by atoms with Crippen molar-refractivity contribution in [2.75, 3.05) is 13.2 Å². The minimum atomic E-state index is -0.0803. The lowest BCUT2D eigenvalue weighted by atomic mass is 10.1. The Bertz CT molecular complexity index is 1580. The number of thiophene rings is 1. The van der Waals surface area contributed by atoms with E-state index in [1.54, 1.807) is 16.3 Å². The molecule has 0 aliphatic carbocycles. The molecule has 2 aromatic carbocycles. The molecule has 0 aliphatic heterocycles. The van der Waals surface area contributed by atoms with Gasteiger partial charge in [0.2, 0.25) is 5.78 Å². The lowest BCUT2D eigenvalue weighted by Gasteiger charge is -2.14. The van der Waals surface area contributed by atoms with Crippen molar-refractivity contribution in [1.29, 1.82) is 0 Å². The van der Waals surface area contributed by atoms with Gasteiger partial charge in [-0.3, -0.25) is 13.8 Å². The van der Waals surface area contributed by atoms with Crippen LogP contribution in [0.15, 0.2) is 70.4 Å². The molecule has 0 fully saturated rings. The molecule has 0 amide bonds. The second-order valence-corrected chi connectivity index (χ2v) is 9.88. The van der Waals surface area contributed by atoms with Gasteiger partial charge < -0.3 is 9.47 Å². The van der Waals surface area contributed by atoms with E-state index in [1.165, 1.54) is 16.9 Å². The molecule has 3 heterocycles. The van der Waals surface area contributed by atoms with Gasteiger partial charge in [0.1, 0.15) is 4.70 Å². The van der Waals surface area contributed by atoms with E-state index in [9.17, 15) is 4.79 Å². The van der Waals surface area contributed by atoms with Gasteiger partial charge >= 0.3 is 0 Å². The summed E-state index contributed by atoms with van der Waals surface area (Å²) in [5, 5.41) is 11.6. The van der Waals surface area contributed by atoms with E-state index in [4.69, 9.17) is 9.47 Å². The molecule has 9 heteroatoms. The second-order valence-electron chi connectivity index (χ2n) is 8.03. The highest BCUT2D eigenvalue weighted by atomic mass is 32.2. The zero-order valence-electron chi connectivity index (χ0n) is 20.1. The van der Waals surface area contributed by atoms with Crippen LogP contribution in [-0.2, 0) is 12.3 Å². The predicted octanol–water partition coefficient (Wildman–Crippen LogP) is 5.89. The molecule has 0 radical (unpaired) electrons. The van der Waals surface area contributed by atoms with Crippen LogP contribution in [-0.4, -0.2) is 32.4 Å². The third-order valence-corrected chi connectivity index (χ3v) is 7.61. The maximum absolute atomic E-state index is 13.5. The number of hydrogen-bond acceptors (Lipinski definition) is 7. The van der Waals surface area contributed by atoms with E-state index < -0.39 is 0 Å². The highest BCUT2D eigenvalue weighted by Crippen LogP contribution is 2.30. The van der Waals surface area contributed by atoms with Crippen LogP contribution >= 0.6 is 23.1 Å². The number of benzene rings is 2. The fourth-order valence-corrected chi connectivity index (χ4v) is 5.73. The van der Waals surface area contributed by atoms with Crippen LogP contribution in [0.2, 0.25) is 0 Å². The van der Waals surface area contributed by atoms with Crippen LogP contribution in [0.5, 0.6) is 11.5 Å². The zero-order valence-corrected chi connectivity index (χ0v) is 21.8. The minimum absolute atomic E-state index is 0.0803. The molecule has 0 aliphatic rings. The van der Waals surface area contributed by atoms with Gasteiger partial charge in [0.25, 0.3) is 5.56 Å². The summed E-state index contributed by atoms with van der Waals surface area (Å²) in [5.41, 5.74) is 3.93. The normalized spacial score (nSPS) is 11.3. The van der Waals surface area contributed by atoms with Gasteiger partial charge in [-0.2, -0.15) is 0 Å². The molecule has 0 saturated heterocycles. The Balaban J connectivity index is 1.53. The summed E-state index contributed by atoms with van der Waals surface area (Å²) in [6.07, 6.45) is 1.83. The molecule has 0 N–H and O–H groups in total. The Labute approximate surface area is 217 Å². The van der Waals surface area contributed by atoms with Crippen LogP contribution in [0.3, 0.4) is 0 Å². The standard InChI is InChI=1S/C27H26N4O3S2/c1-4-18-7-9-19(10-8-18)17-36-27-29-28-26-30(25(32)24-21(31(26)27)13-14-35-24)16-20-11-12-22(33-5-2)23(15-20)34-6-3/h4,7-15H,1,5-6,16-17H2,2-3H3. The smallest absolute Gasteiger partial charge is 0.273 e. The fraction of sp³-hybridized carbons (Fsp3) is 0.222. The molecular weight excluding hydrogens is 492 g/mol. The van der Waals surface area contributed by atoms with E-state index in [0.717, 1.165) is 27.6 Å². The van der Waals surface area contributed by atoms with Crippen LogP contribution < -0.4 is 15.0 Å². The Kier molecular flexibility index (Phi) is 7.11. The number of ether oxygens (including phenoxy) is 2. The van der Waals surface area contributed by atoms with Crippen LogP contribution in [0, 0.1) is 0 Å². The lowest BCUT2D eigenvalue weighted by molar-refractivity contribution is 0.287. The summed E-state index contributed by atoms with van der Waals surface area (Å²) in [6.45, 7) is 9.10. The quantitative estimate of drug-likeness (QED) is 0.215. The van der Waals surface area contributed by atoms with Crippen LogP contribution in [0.4, 0.5) is 0 Å². The van der Waals surface area contributed by atoms with Crippen molar-refractivity contribution < 1.29 is 9.47 Å². The van der Waals surface area contributed by atoms with Gasteiger partial charge in [-0.25, -0.2) is 0 Å². The maximum Gasteiger partial charge on any atom is 0.273 e. The first kappa shape index (κ1) is 24.1. The molecule has 0 unspecified atom stereocenters. The minimum Gasteiger partial charge on any atom is -0.490 e. The summed E-state index contributed by atoms with van der Waals surface area (Å²) in [5.74, 6) is 2.61. The molecule has 0 bridgehead atoms. The highest BCUT2D eigenvalue weighted by molar-refractivity contribution is 7.98. The van der Waals surface area contributed by atoms with Crippen LogP contribution in [0.1, 0.15) is 30.5 Å². The van der Waals surface area contributed by atoms with Gasteiger partial charge in [0.15, 0.2) is 16.7 Å². The molecule has 184 valence electrons. The molecule has 5 aromatic rings. The van der Waals surface area contributed by atoms with E-state index in [0.29, 0.717) is 41.7 Å². The first-order valence-electron chi connectivity index (χ1n) is 11.7. The second kappa shape index (κ2) is 10.6. The van der Waals surface area contributed by atoms with E-state index in [1.807, 2.05) is 66.1 Å². The van der Waals surface area contributed by atoms with Crippen molar-refractivity contribution in [3.63, 3.8) is 0 Å². The zero-order chi connectivity index (χ0) is 25.1. The van der Waals surface area contributed by atoms with Crippen molar-refractivity contribution >= 4 is 45.2 Å². The fourth-order valence-electron chi connectivity index (χ4n) is 4.01. The Morgan fingerprint density at radius 3 is 2.50 bits per heavy atom. The summed E-state index contributed by atoms with van der Waals surface area (Å²) < 4.78 is 15.8. The number of thioether (sulfide) groups is 1. The molecule has 36 heavy (non-hydrogen) atoms. The average Bonchev–Trinajstić information content (AvgIpc) is 3.55. The summed E-state index contributed by atoms with van der Waals surface area (Å²) >= 11 is 3.03. The molecule has 0 spiro atoms. The molecule has 5 rings (SSSR count). The molecular formula is C27H26N4O3S2. The molecule has 0 saturated carbocycles. The summed E-state index contributed by atoms with van der Waals surface area (Å²) in [4.78, 5) is 13.5. The third-order valence-electron chi connectivity index (χ3n) is 5.71. The maximum atomic E-state index is 13.5. The van der Waals surface area contributed by atoms with E-state index in [-0.39, 0.29) is 5.56 Å². The molecule has 0 atom stereocenters. The largest absolute Gasteiger partial charge is 0.490 e. The number of aromatic nitrogens is 4. The Morgan fingerprint density at radius 1 is 1.00 bits per heavy atom. The van der Waals surface area contributed by atoms with Crippen molar-refractivity contribution in [2.45, 2.75) is 31.3 Å². The number of hydrogen-bond donors (Lipinski definition) is 0. The first-order chi connectivity index (χ1) is 17.6. The average molecular weight is 519 g/mol. The van der Waals surface area contributed by atoms with Crippen molar-refractivity contribution in [1.82, 2.24) is 19.2 Å². The first-order valence-corrected chi connectivity index (χ1v) is 13.6. The van der Waals surface area contributed by atoms with Crippen molar-refractivity contribution in [2.24, 2.45) is 0 Å². The number of fused-ring (bicyclic) bond motifs is 3. The molecule has 3 aromatic heterocycles. The number of nitrogens with zero attached hydrogens (tertiary/aromatic N) is 4. The van der Waals surface area contributed by atoms with Gasteiger partial charge in [0, 0.05) is 5.75 Å². The van der Waals surface area contributed by atoms with Gasteiger partial charge in [-0.15, -0.1) is 21.5 Å². The van der Waals surface area contributed by atoms with Crippen molar-refractivity contribution in [3.8, 4) is 11.5 Å². The Morgan fingerprint density at radius 2 is 1.75 bits per heavy atom. The monoisotopic (exact) mass is 518 g/mol. The number of rotatable bonds is 10. The predicted molar refractivity (Wildman–Crippen MR) is 147 cm³/mol. The third kappa shape index (κ3) is 4.64. The van der Waals surface area contributed by atoms with Gasteiger partial charge in [0.05, 0.1) is 25.3 Å². The van der Waals surface area contributed by atoms with Crippen LogP contribution in [0.25, 0.3) is 22.1 Å². The topological polar surface area (TPSA) is 70.7 Å². The van der Waals surface area contributed by atoms with Gasteiger partial charge in [-0.1, -0.05) is 54.7 Å². The van der Waals surface area contributed by atoms with E-state index >= 15 is 0 Å². The Hall–Kier alpha value is -3.56.